The Balaban J connectivity index is 1.83. The molecule has 0 radical (unpaired) electrons. The summed E-state index contributed by atoms with van der Waals surface area (Å²) in [6.07, 6.45) is 4.26. The minimum Gasteiger partial charge on any atom is -0.495 e. The van der Waals surface area contributed by atoms with Crippen LogP contribution >= 0.6 is 0 Å². The molecule has 1 aromatic heterocycles. The summed E-state index contributed by atoms with van der Waals surface area (Å²) in [5.74, 6) is 0.737. The largest absolute Gasteiger partial charge is 0.495 e. The molecule has 21 heavy (non-hydrogen) atoms. The van der Waals surface area contributed by atoms with Gasteiger partial charge in [0.2, 0.25) is 0 Å². The molecule has 2 aromatic carbocycles. The van der Waals surface area contributed by atoms with Crippen molar-refractivity contribution in [3.8, 4) is 5.75 Å². The third-order valence-corrected chi connectivity index (χ3v) is 3.67. The van der Waals surface area contributed by atoms with E-state index in [-0.39, 0.29) is 6.04 Å². The Morgan fingerprint density at radius 3 is 2.67 bits per heavy atom. The average Bonchev–Trinajstić information content (AvgIpc) is 2.54. The lowest BCUT2D eigenvalue weighted by molar-refractivity contribution is 0.411. The van der Waals surface area contributed by atoms with Gasteiger partial charge in [0.05, 0.1) is 13.3 Å². The van der Waals surface area contributed by atoms with Gasteiger partial charge >= 0.3 is 0 Å². The van der Waals surface area contributed by atoms with Crippen molar-refractivity contribution < 1.29 is 4.74 Å². The Bertz CT molecular complexity index is 755. The minimum absolute atomic E-state index is 0.0891. The maximum atomic E-state index is 6.30. The van der Waals surface area contributed by atoms with Crippen LogP contribution in [0.25, 0.3) is 10.8 Å². The molecule has 0 amide bonds. The predicted molar refractivity (Wildman–Crippen MR) is 85.4 cm³/mol. The van der Waals surface area contributed by atoms with Gasteiger partial charge in [0, 0.05) is 12.2 Å². The van der Waals surface area contributed by atoms with Crippen LogP contribution in [0, 0.1) is 0 Å². The van der Waals surface area contributed by atoms with Crippen molar-refractivity contribution in [3.05, 3.63) is 72.1 Å². The van der Waals surface area contributed by atoms with Crippen LogP contribution in [0.3, 0.4) is 0 Å². The Kier molecular flexibility index (Phi) is 3.84. The number of methoxy groups -OCH3 is 1. The van der Waals surface area contributed by atoms with Gasteiger partial charge in [-0.1, -0.05) is 42.5 Å². The van der Waals surface area contributed by atoms with Crippen LogP contribution in [-0.2, 0) is 6.42 Å². The van der Waals surface area contributed by atoms with Crippen molar-refractivity contribution in [2.24, 2.45) is 5.73 Å². The summed E-state index contributed by atoms with van der Waals surface area (Å²) in [7, 11) is 1.63. The fourth-order valence-corrected chi connectivity index (χ4v) is 2.49. The van der Waals surface area contributed by atoms with E-state index in [1.165, 1.54) is 16.3 Å². The Morgan fingerprint density at radius 1 is 1.05 bits per heavy atom. The highest BCUT2D eigenvalue weighted by molar-refractivity contribution is 5.83. The zero-order valence-corrected chi connectivity index (χ0v) is 12.0. The van der Waals surface area contributed by atoms with Crippen molar-refractivity contribution >= 4 is 10.8 Å². The normalized spacial score (nSPS) is 12.3. The maximum absolute atomic E-state index is 6.30. The fraction of sp³-hybridized carbons (Fsp3) is 0.167. The molecule has 0 spiro atoms. The molecule has 0 fully saturated rings. The van der Waals surface area contributed by atoms with E-state index >= 15 is 0 Å². The number of pyridine rings is 1. The van der Waals surface area contributed by atoms with E-state index in [0.29, 0.717) is 0 Å². The zero-order valence-electron chi connectivity index (χ0n) is 12.0. The van der Waals surface area contributed by atoms with Gasteiger partial charge in [-0.05, 0) is 34.4 Å². The smallest absolute Gasteiger partial charge is 0.137 e. The van der Waals surface area contributed by atoms with Gasteiger partial charge in [0.1, 0.15) is 5.75 Å². The van der Waals surface area contributed by atoms with Gasteiger partial charge in [-0.3, -0.25) is 4.98 Å². The minimum atomic E-state index is -0.0891. The highest BCUT2D eigenvalue weighted by Crippen LogP contribution is 2.22. The van der Waals surface area contributed by atoms with Gasteiger partial charge in [-0.25, -0.2) is 0 Å². The average molecular weight is 278 g/mol. The number of aromatic nitrogens is 1. The van der Waals surface area contributed by atoms with Crippen molar-refractivity contribution in [3.63, 3.8) is 0 Å². The Hall–Kier alpha value is -2.39. The molecule has 1 unspecified atom stereocenters. The Labute approximate surface area is 124 Å². The van der Waals surface area contributed by atoms with Crippen LogP contribution in [0.15, 0.2) is 60.9 Å². The molecule has 0 aliphatic carbocycles. The molecule has 0 bridgehead atoms. The quantitative estimate of drug-likeness (QED) is 0.794. The molecule has 3 aromatic rings. The van der Waals surface area contributed by atoms with Crippen LogP contribution < -0.4 is 10.5 Å². The number of hydrogen-bond acceptors (Lipinski definition) is 3. The van der Waals surface area contributed by atoms with E-state index in [1.54, 1.807) is 19.5 Å². The lowest BCUT2D eigenvalue weighted by Gasteiger charge is -2.13. The van der Waals surface area contributed by atoms with Gasteiger partial charge in [-0.2, -0.15) is 0 Å². The molecule has 3 rings (SSSR count). The summed E-state index contributed by atoms with van der Waals surface area (Å²) in [5, 5.41) is 2.49. The molecule has 106 valence electrons. The standard InChI is InChI=1S/C18H18N2O/c1-21-17-10-16(11-20-12-17)18(19)9-13-6-7-14-4-2-3-5-15(14)8-13/h2-8,10-12,18H,9,19H2,1H3. The lowest BCUT2D eigenvalue weighted by atomic mass is 9.98. The van der Waals surface area contributed by atoms with Crippen LogP contribution in [0.4, 0.5) is 0 Å². The molecule has 1 atom stereocenters. The predicted octanol–water partition coefficient (Wildman–Crippen LogP) is 3.49. The molecular formula is C18H18N2O. The second-order valence-electron chi connectivity index (χ2n) is 5.15. The highest BCUT2D eigenvalue weighted by Gasteiger charge is 2.09. The summed E-state index contributed by atoms with van der Waals surface area (Å²) < 4.78 is 5.19. The molecule has 2 N–H and O–H groups in total. The summed E-state index contributed by atoms with van der Waals surface area (Å²) in [4.78, 5) is 4.16. The Morgan fingerprint density at radius 2 is 1.86 bits per heavy atom. The van der Waals surface area contributed by atoms with E-state index in [9.17, 15) is 0 Å². The number of benzene rings is 2. The molecule has 0 saturated carbocycles. The molecule has 3 heteroatoms. The third kappa shape index (κ3) is 3.03. The fourth-order valence-electron chi connectivity index (χ4n) is 2.49. The van der Waals surface area contributed by atoms with Crippen LogP contribution in [0.2, 0.25) is 0 Å². The number of nitrogens with zero attached hydrogens (tertiary/aromatic N) is 1. The van der Waals surface area contributed by atoms with Gasteiger partial charge in [-0.15, -0.1) is 0 Å². The first-order valence-corrected chi connectivity index (χ1v) is 6.98. The number of fused-ring (bicyclic) bond motifs is 1. The van der Waals surface area contributed by atoms with Gasteiger partial charge in [0.15, 0.2) is 0 Å². The summed E-state index contributed by atoms with van der Waals surface area (Å²) in [6, 6.07) is 16.7. The number of nitrogens with two attached hydrogens (primary N) is 1. The number of hydrogen-bond donors (Lipinski definition) is 1. The monoisotopic (exact) mass is 278 g/mol. The van der Waals surface area contributed by atoms with Gasteiger partial charge in [0.25, 0.3) is 0 Å². The second-order valence-corrected chi connectivity index (χ2v) is 5.15. The second kappa shape index (κ2) is 5.94. The van der Waals surface area contributed by atoms with Gasteiger partial charge < -0.3 is 10.5 Å². The van der Waals surface area contributed by atoms with Crippen molar-refractivity contribution in [1.82, 2.24) is 4.98 Å². The molecule has 0 saturated heterocycles. The van der Waals surface area contributed by atoms with Crippen molar-refractivity contribution in [2.75, 3.05) is 7.11 Å². The van der Waals surface area contributed by atoms with E-state index in [0.717, 1.165) is 17.7 Å². The van der Waals surface area contributed by atoms with E-state index in [4.69, 9.17) is 10.5 Å². The van der Waals surface area contributed by atoms with E-state index < -0.39 is 0 Å². The summed E-state index contributed by atoms with van der Waals surface area (Å²) in [6.45, 7) is 0. The molecule has 1 heterocycles. The first-order chi connectivity index (χ1) is 10.3. The maximum Gasteiger partial charge on any atom is 0.137 e. The van der Waals surface area contributed by atoms with Crippen LogP contribution in [-0.4, -0.2) is 12.1 Å². The van der Waals surface area contributed by atoms with E-state index in [1.807, 2.05) is 6.07 Å². The molecule has 3 nitrogen and oxygen atoms in total. The lowest BCUT2D eigenvalue weighted by Crippen LogP contribution is -2.13. The topological polar surface area (TPSA) is 48.1 Å². The first kappa shape index (κ1) is 13.6. The van der Waals surface area contributed by atoms with Crippen molar-refractivity contribution in [2.45, 2.75) is 12.5 Å². The first-order valence-electron chi connectivity index (χ1n) is 6.98. The molecule has 0 aliphatic heterocycles. The van der Waals surface area contributed by atoms with Crippen LogP contribution in [0.5, 0.6) is 5.75 Å². The molecule has 0 aliphatic rings. The summed E-state index contributed by atoms with van der Waals surface area (Å²) in [5.41, 5.74) is 8.51. The molecular weight excluding hydrogens is 260 g/mol. The third-order valence-electron chi connectivity index (χ3n) is 3.67. The van der Waals surface area contributed by atoms with Crippen LogP contribution in [0.1, 0.15) is 17.2 Å². The van der Waals surface area contributed by atoms with Crippen molar-refractivity contribution in [1.29, 1.82) is 0 Å². The number of ether oxygens (including phenoxy) is 1. The number of rotatable bonds is 4. The van der Waals surface area contributed by atoms with E-state index in [2.05, 4.69) is 47.4 Å². The zero-order chi connectivity index (χ0) is 14.7. The highest BCUT2D eigenvalue weighted by atomic mass is 16.5. The SMILES string of the molecule is COc1cncc(C(N)Cc2ccc3ccccc3c2)c1. The summed E-state index contributed by atoms with van der Waals surface area (Å²) >= 11 is 0.